The van der Waals surface area contributed by atoms with Crippen molar-refractivity contribution in [3.63, 3.8) is 0 Å². The molecule has 18 heavy (non-hydrogen) atoms. The molecule has 1 rings (SSSR count). The van der Waals surface area contributed by atoms with Crippen molar-refractivity contribution in [3.8, 4) is 0 Å². The Morgan fingerprint density at radius 2 is 2.28 bits per heavy atom. The van der Waals surface area contributed by atoms with E-state index in [1.54, 1.807) is 19.4 Å². The number of aliphatic hydroxyl groups is 1. The van der Waals surface area contributed by atoms with E-state index < -0.39 is 0 Å². The van der Waals surface area contributed by atoms with Crippen LogP contribution >= 0.6 is 0 Å². The number of aryl methyl sites for hydroxylation is 1. The lowest BCUT2D eigenvalue weighted by Crippen LogP contribution is -2.29. The van der Waals surface area contributed by atoms with Gasteiger partial charge in [0.25, 0.3) is 0 Å². The molecule has 1 N–H and O–H groups in total. The minimum Gasteiger partial charge on any atom is -0.466 e. The molecular weight excluding hydrogens is 232 g/mol. The lowest BCUT2D eigenvalue weighted by atomic mass is 9.87. The summed E-state index contributed by atoms with van der Waals surface area (Å²) in [6, 6.07) is 0. The van der Waals surface area contributed by atoms with Crippen LogP contribution in [0.2, 0.25) is 0 Å². The first kappa shape index (κ1) is 14.7. The van der Waals surface area contributed by atoms with E-state index in [-0.39, 0.29) is 24.4 Å². The Morgan fingerprint density at radius 1 is 1.56 bits per heavy atom. The summed E-state index contributed by atoms with van der Waals surface area (Å²) in [7, 11) is 1.90. The highest BCUT2D eigenvalue weighted by molar-refractivity contribution is 5.72. The number of esters is 1. The Kier molecular flexibility index (Phi) is 5.85. The van der Waals surface area contributed by atoms with Crippen LogP contribution in [-0.4, -0.2) is 33.8 Å². The highest BCUT2D eigenvalue weighted by atomic mass is 16.5. The maximum atomic E-state index is 11.8. The van der Waals surface area contributed by atoms with Gasteiger partial charge in [0.05, 0.1) is 18.9 Å². The molecule has 5 nitrogen and oxygen atoms in total. The number of aliphatic hydroxyl groups excluding tert-OH is 1. The molecule has 1 aromatic heterocycles. The molecule has 0 spiro atoms. The molecule has 0 aliphatic carbocycles. The highest BCUT2D eigenvalue weighted by Gasteiger charge is 2.28. The van der Waals surface area contributed by atoms with Gasteiger partial charge >= 0.3 is 5.97 Å². The summed E-state index contributed by atoms with van der Waals surface area (Å²) in [5.41, 5.74) is 1.01. The third-order valence-electron chi connectivity index (χ3n) is 3.22. The van der Waals surface area contributed by atoms with Gasteiger partial charge in [0.1, 0.15) is 0 Å². The molecule has 0 fully saturated rings. The molecule has 2 atom stereocenters. The summed E-state index contributed by atoms with van der Waals surface area (Å²) in [6.07, 6.45) is 4.78. The van der Waals surface area contributed by atoms with Crippen LogP contribution in [-0.2, 0) is 23.0 Å². The van der Waals surface area contributed by atoms with Crippen molar-refractivity contribution in [1.82, 2.24) is 9.55 Å². The molecule has 0 aromatic carbocycles. The third-order valence-corrected chi connectivity index (χ3v) is 3.22. The number of carbonyl (C=O) groups excluding carboxylic acids is 1. The number of ether oxygens (including phenoxy) is 1. The predicted molar refractivity (Wildman–Crippen MR) is 67.9 cm³/mol. The van der Waals surface area contributed by atoms with Crippen molar-refractivity contribution in [2.75, 3.05) is 13.2 Å². The zero-order chi connectivity index (χ0) is 13.5. The molecule has 0 amide bonds. The minimum absolute atomic E-state index is 0.0253. The van der Waals surface area contributed by atoms with Gasteiger partial charge in [-0.05, 0) is 19.8 Å². The van der Waals surface area contributed by atoms with Gasteiger partial charge in [-0.2, -0.15) is 0 Å². The van der Waals surface area contributed by atoms with Crippen LogP contribution in [0.1, 0.15) is 26.0 Å². The molecule has 0 saturated heterocycles. The number of aromatic nitrogens is 2. The Balaban J connectivity index is 2.74. The first-order valence-electron chi connectivity index (χ1n) is 6.36. The van der Waals surface area contributed by atoms with Crippen molar-refractivity contribution < 1.29 is 14.6 Å². The van der Waals surface area contributed by atoms with E-state index in [2.05, 4.69) is 4.98 Å². The van der Waals surface area contributed by atoms with Crippen molar-refractivity contribution in [2.45, 2.75) is 26.7 Å². The molecule has 0 aliphatic heterocycles. The van der Waals surface area contributed by atoms with Crippen molar-refractivity contribution in [3.05, 3.63) is 18.2 Å². The molecule has 102 valence electrons. The quantitative estimate of drug-likeness (QED) is 0.742. The number of imidazole rings is 1. The van der Waals surface area contributed by atoms with Gasteiger partial charge in [0.2, 0.25) is 0 Å². The summed E-state index contributed by atoms with van der Waals surface area (Å²) in [5.74, 6) is -0.601. The summed E-state index contributed by atoms with van der Waals surface area (Å²) < 4.78 is 6.96. The number of nitrogens with zero attached hydrogens (tertiary/aromatic N) is 2. The molecule has 0 radical (unpaired) electrons. The van der Waals surface area contributed by atoms with Crippen LogP contribution in [0, 0.1) is 11.8 Å². The minimum atomic E-state index is -0.259. The summed E-state index contributed by atoms with van der Waals surface area (Å²) in [4.78, 5) is 15.9. The van der Waals surface area contributed by atoms with E-state index in [1.807, 2.05) is 18.5 Å². The van der Waals surface area contributed by atoms with Crippen molar-refractivity contribution in [2.24, 2.45) is 18.9 Å². The van der Waals surface area contributed by atoms with Gasteiger partial charge in [-0.25, -0.2) is 4.98 Å². The van der Waals surface area contributed by atoms with E-state index >= 15 is 0 Å². The van der Waals surface area contributed by atoms with Gasteiger partial charge in [0, 0.05) is 31.5 Å². The predicted octanol–water partition coefficient (Wildman–Crippen LogP) is 1.16. The van der Waals surface area contributed by atoms with E-state index in [9.17, 15) is 9.90 Å². The monoisotopic (exact) mass is 254 g/mol. The fourth-order valence-corrected chi connectivity index (χ4v) is 2.13. The van der Waals surface area contributed by atoms with Crippen LogP contribution in [0.3, 0.4) is 0 Å². The van der Waals surface area contributed by atoms with Gasteiger partial charge in [-0.15, -0.1) is 0 Å². The lowest BCUT2D eigenvalue weighted by Gasteiger charge is -2.22. The maximum Gasteiger partial charge on any atom is 0.309 e. The zero-order valence-corrected chi connectivity index (χ0v) is 11.3. The number of rotatable bonds is 7. The first-order chi connectivity index (χ1) is 8.63. The highest BCUT2D eigenvalue weighted by Crippen LogP contribution is 2.21. The Labute approximate surface area is 108 Å². The Bertz CT molecular complexity index is 376. The number of hydrogen-bond donors (Lipinski definition) is 1. The molecule has 1 aromatic rings. The summed E-state index contributed by atoms with van der Waals surface area (Å²) in [5, 5.41) is 9.50. The Morgan fingerprint density at radius 3 is 2.72 bits per heavy atom. The van der Waals surface area contributed by atoms with Gasteiger partial charge < -0.3 is 14.4 Å². The van der Waals surface area contributed by atoms with Crippen LogP contribution in [0.5, 0.6) is 0 Å². The van der Waals surface area contributed by atoms with E-state index in [1.165, 1.54) is 0 Å². The third kappa shape index (κ3) is 3.57. The van der Waals surface area contributed by atoms with Crippen LogP contribution in [0.4, 0.5) is 0 Å². The number of hydrogen-bond acceptors (Lipinski definition) is 4. The second-order valence-corrected chi connectivity index (χ2v) is 4.41. The normalized spacial score (nSPS) is 14.2. The largest absolute Gasteiger partial charge is 0.466 e. The van der Waals surface area contributed by atoms with Crippen LogP contribution in [0.25, 0.3) is 0 Å². The van der Waals surface area contributed by atoms with E-state index in [4.69, 9.17) is 4.74 Å². The van der Waals surface area contributed by atoms with E-state index in [0.29, 0.717) is 19.4 Å². The first-order valence-corrected chi connectivity index (χ1v) is 6.36. The lowest BCUT2D eigenvalue weighted by molar-refractivity contribution is -0.150. The van der Waals surface area contributed by atoms with E-state index in [0.717, 1.165) is 5.69 Å². The standard InChI is InChI=1S/C13H22N2O3/c1-4-12(13(17)18-5-2)10(8-16)6-11-7-14-9-15(11)3/h7,9-10,12,16H,4-6,8H2,1-3H3. The average molecular weight is 254 g/mol. The second-order valence-electron chi connectivity index (χ2n) is 4.41. The van der Waals surface area contributed by atoms with Gasteiger partial charge in [-0.1, -0.05) is 6.92 Å². The van der Waals surface area contributed by atoms with Gasteiger partial charge in [-0.3, -0.25) is 4.79 Å². The summed E-state index contributed by atoms with van der Waals surface area (Å²) in [6.45, 7) is 4.08. The summed E-state index contributed by atoms with van der Waals surface area (Å²) >= 11 is 0. The smallest absolute Gasteiger partial charge is 0.309 e. The van der Waals surface area contributed by atoms with Gasteiger partial charge in [0.15, 0.2) is 0 Å². The molecule has 5 heteroatoms. The fraction of sp³-hybridized carbons (Fsp3) is 0.692. The molecule has 2 unspecified atom stereocenters. The molecule has 1 heterocycles. The Hall–Kier alpha value is -1.36. The molecule has 0 aliphatic rings. The topological polar surface area (TPSA) is 64.3 Å². The average Bonchev–Trinajstić information content (AvgIpc) is 2.75. The van der Waals surface area contributed by atoms with Crippen molar-refractivity contribution >= 4 is 5.97 Å². The maximum absolute atomic E-state index is 11.8. The zero-order valence-electron chi connectivity index (χ0n) is 11.3. The molecule has 0 saturated carbocycles. The van der Waals surface area contributed by atoms with Crippen LogP contribution < -0.4 is 0 Å². The fourth-order valence-electron chi connectivity index (χ4n) is 2.13. The molecular formula is C13H22N2O3. The van der Waals surface area contributed by atoms with Crippen LogP contribution in [0.15, 0.2) is 12.5 Å². The SMILES string of the molecule is CCOC(=O)C(CC)C(CO)Cc1cncn1C. The molecule has 0 bridgehead atoms. The number of carbonyl (C=O) groups is 1. The second kappa shape index (κ2) is 7.16. The van der Waals surface area contributed by atoms with Crippen molar-refractivity contribution in [1.29, 1.82) is 0 Å².